The first-order chi connectivity index (χ1) is 10.1. The van der Waals surface area contributed by atoms with Crippen LogP contribution < -0.4 is 5.32 Å². The summed E-state index contributed by atoms with van der Waals surface area (Å²) in [5.41, 5.74) is 2.27. The van der Waals surface area contributed by atoms with E-state index in [1.54, 1.807) is 0 Å². The molecule has 1 aliphatic rings. The molecule has 1 fully saturated rings. The zero-order chi connectivity index (χ0) is 15.0. The molecule has 1 saturated carbocycles. The number of benzene rings is 1. The fraction of sp³-hybridized carbons (Fsp3) is 0.500. The van der Waals surface area contributed by atoms with E-state index in [4.69, 9.17) is 9.15 Å². The van der Waals surface area contributed by atoms with Crippen molar-refractivity contribution in [3.63, 3.8) is 0 Å². The van der Waals surface area contributed by atoms with Gasteiger partial charge in [-0.15, -0.1) is 0 Å². The summed E-state index contributed by atoms with van der Waals surface area (Å²) in [4.78, 5) is 16.5. The van der Waals surface area contributed by atoms with Crippen molar-refractivity contribution in [1.82, 2.24) is 4.98 Å². The second-order valence-corrected chi connectivity index (χ2v) is 5.71. The zero-order valence-corrected chi connectivity index (χ0v) is 12.6. The van der Waals surface area contributed by atoms with Crippen LogP contribution in [0.2, 0.25) is 0 Å². The van der Waals surface area contributed by atoms with Crippen LogP contribution in [0.1, 0.15) is 39.0 Å². The largest absolute Gasteiger partial charge is 0.440 e. The number of nitrogens with one attached hydrogen (secondary N) is 1. The number of fused-ring (bicyclic) bond motifs is 1. The highest BCUT2D eigenvalue weighted by Crippen LogP contribution is 2.35. The Morgan fingerprint density at radius 2 is 2.33 bits per heavy atom. The number of carbonyl (C=O) groups excluding carboxylic acids is 1. The number of anilines is 1. The van der Waals surface area contributed by atoms with Gasteiger partial charge in [0, 0.05) is 18.2 Å². The van der Waals surface area contributed by atoms with E-state index in [1.807, 2.05) is 39.0 Å². The van der Waals surface area contributed by atoms with Gasteiger partial charge in [-0.25, -0.2) is 4.98 Å². The minimum atomic E-state index is -0.0239. The summed E-state index contributed by atoms with van der Waals surface area (Å²) in [7, 11) is 0. The van der Waals surface area contributed by atoms with Crippen LogP contribution in [-0.2, 0) is 9.53 Å². The molecule has 2 aromatic rings. The smallest absolute Gasteiger partial charge is 0.230 e. The molecule has 1 aromatic carbocycles. The van der Waals surface area contributed by atoms with Crippen molar-refractivity contribution in [3.8, 4) is 0 Å². The van der Waals surface area contributed by atoms with Gasteiger partial charge in [0.15, 0.2) is 11.5 Å². The average Bonchev–Trinajstić information content (AvgIpc) is 3.08. The van der Waals surface area contributed by atoms with Gasteiger partial charge in [-0.1, -0.05) is 13.8 Å². The molecular weight excluding hydrogens is 268 g/mol. The molecule has 0 aliphatic heterocycles. The van der Waals surface area contributed by atoms with Gasteiger partial charge < -0.3 is 14.5 Å². The third-order valence-corrected chi connectivity index (χ3v) is 3.61. The third-order valence-electron chi connectivity index (χ3n) is 3.61. The third kappa shape index (κ3) is 2.93. The van der Waals surface area contributed by atoms with Gasteiger partial charge in [0.25, 0.3) is 0 Å². The SMILES string of the molecule is CCOC1CC1C(=O)Nc1ccc2oc(C(C)C)nc2c1. The summed E-state index contributed by atoms with van der Waals surface area (Å²) in [5, 5.41) is 2.92. The van der Waals surface area contributed by atoms with Gasteiger partial charge in [0.05, 0.1) is 12.0 Å². The fourth-order valence-electron chi connectivity index (χ4n) is 2.35. The predicted molar refractivity (Wildman–Crippen MR) is 80.2 cm³/mol. The van der Waals surface area contributed by atoms with E-state index < -0.39 is 0 Å². The summed E-state index contributed by atoms with van der Waals surface area (Å²) in [5.74, 6) is 0.950. The van der Waals surface area contributed by atoms with Gasteiger partial charge in [-0.05, 0) is 31.5 Å². The average molecular weight is 288 g/mol. The van der Waals surface area contributed by atoms with Crippen molar-refractivity contribution in [3.05, 3.63) is 24.1 Å². The van der Waals surface area contributed by atoms with Crippen LogP contribution in [-0.4, -0.2) is 23.6 Å². The Balaban J connectivity index is 1.71. The van der Waals surface area contributed by atoms with Crippen LogP contribution >= 0.6 is 0 Å². The Morgan fingerprint density at radius 3 is 3.05 bits per heavy atom. The zero-order valence-electron chi connectivity index (χ0n) is 12.6. The molecule has 1 N–H and O–H groups in total. The lowest BCUT2D eigenvalue weighted by Gasteiger charge is -2.04. The maximum atomic E-state index is 12.1. The lowest BCUT2D eigenvalue weighted by Crippen LogP contribution is -2.16. The number of carbonyl (C=O) groups is 1. The summed E-state index contributed by atoms with van der Waals surface area (Å²) in [6, 6.07) is 5.53. The van der Waals surface area contributed by atoms with Crippen LogP contribution in [0.4, 0.5) is 5.69 Å². The Kier molecular flexibility index (Phi) is 3.68. The fourth-order valence-corrected chi connectivity index (χ4v) is 2.35. The molecule has 21 heavy (non-hydrogen) atoms. The van der Waals surface area contributed by atoms with E-state index in [9.17, 15) is 4.79 Å². The molecule has 5 heteroatoms. The number of nitrogens with zero attached hydrogens (tertiary/aromatic N) is 1. The topological polar surface area (TPSA) is 64.4 Å². The van der Waals surface area contributed by atoms with E-state index >= 15 is 0 Å². The molecule has 1 heterocycles. The standard InChI is InChI=1S/C16H20N2O3/c1-4-20-14-8-11(14)15(19)17-10-5-6-13-12(7-10)18-16(21-13)9(2)3/h5-7,9,11,14H,4,8H2,1-3H3,(H,17,19). The van der Waals surface area contributed by atoms with E-state index in [0.29, 0.717) is 12.5 Å². The van der Waals surface area contributed by atoms with Gasteiger partial charge in [0.2, 0.25) is 5.91 Å². The number of hydrogen-bond acceptors (Lipinski definition) is 4. The molecule has 0 radical (unpaired) electrons. The van der Waals surface area contributed by atoms with Gasteiger partial charge in [-0.3, -0.25) is 4.79 Å². The summed E-state index contributed by atoms with van der Waals surface area (Å²) in [6.45, 7) is 6.66. The van der Waals surface area contributed by atoms with E-state index in [0.717, 1.165) is 23.2 Å². The van der Waals surface area contributed by atoms with Crippen LogP contribution in [0.3, 0.4) is 0 Å². The first-order valence-electron chi connectivity index (χ1n) is 7.41. The molecule has 0 spiro atoms. The molecule has 0 bridgehead atoms. The Labute approximate surface area is 123 Å². The molecular formula is C16H20N2O3. The van der Waals surface area contributed by atoms with Crippen LogP contribution in [0.15, 0.2) is 22.6 Å². The highest BCUT2D eigenvalue weighted by Gasteiger charge is 2.43. The van der Waals surface area contributed by atoms with E-state index in [-0.39, 0.29) is 23.8 Å². The lowest BCUT2D eigenvalue weighted by atomic mass is 10.2. The van der Waals surface area contributed by atoms with Crippen LogP contribution in [0, 0.1) is 5.92 Å². The Bertz CT molecular complexity index is 663. The maximum absolute atomic E-state index is 12.1. The van der Waals surface area contributed by atoms with Crippen molar-refractivity contribution in [2.45, 2.75) is 39.2 Å². The predicted octanol–water partition coefficient (Wildman–Crippen LogP) is 3.31. The molecule has 0 saturated heterocycles. The molecule has 2 atom stereocenters. The molecule has 3 rings (SSSR count). The second kappa shape index (κ2) is 5.48. The van der Waals surface area contributed by atoms with Crippen molar-refractivity contribution in [2.75, 3.05) is 11.9 Å². The van der Waals surface area contributed by atoms with Gasteiger partial charge in [-0.2, -0.15) is 0 Å². The number of aromatic nitrogens is 1. The number of oxazole rings is 1. The number of amides is 1. The quantitative estimate of drug-likeness (QED) is 0.916. The minimum absolute atomic E-state index is 0.0142. The number of hydrogen-bond donors (Lipinski definition) is 1. The summed E-state index contributed by atoms with van der Waals surface area (Å²) >= 11 is 0. The molecule has 1 aromatic heterocycles. The first-order valence-corrected chi connectivity index (χ1v) is 7.41. The monoisotopic (exact) mass is 288 g/mol. The van der Waals surface area contributed by atoms with Crippen molar-refractivity contribution >= 4 is 22.7 Å². The van der Waals surface area contributed by atoms with E-state index in [2.05, 4.69) is 10.3 Å². The number of rotatable bonds is 5. The number of ether oxygens (including phenoxy) is 1. The molecule has 1 amide bonds. The highest BCUT2D eigenvalue weighted by molar-refractivity contribution is 5.96. The van der Waals surface area contributed by atoms with Gasteiger partial charge >= 0.3 is 0 Å². The normalized spacial score (nSPS) is 21.0. The van der Waals surface area contributed by atoms with Crippen LogP contribution in [0.5, 0.6) is 0 Å². The maximum Gasteiger partial charge on any atom is 0.230 e. The van der Waals surface area contributed by atoms with Crippen LogP contribution in [0.25, 0.3) is 11.1 Å². The highest BCUT2D eigenvalue weighted by atomic mass is 16.5. The Hall–Kier alpha value is -1.88. The Morgan fingerprint density at radius 1 is 1.52 bits per heavy atom. The van der Waals surface area contributed by atoms with Crippen molar-refractivity contribution in [2.24, 2.45) is 5.92 Å². The lowest BCUT2D eigenvalue weighted by molar-refractivity contribution is -0.118. The van der Waals surface area contributed by atoms with Crippen molar-refractivity contribution in [1.29, 1.82) is 0 Å². The molecule has 2 unspecified atom stereocenters. The second-order valence-electron chi connectivity index (χ2n) is 5.71. The summed E-state index contributed by atoms with van der Waals surface area (Å²) in [6.07, 6.45) is 0.891. The molecule has 1 aliphatic carbocycles. The first kappa shape index (κ1) is 14.1. The molecule has 112 valence electrons. The summed E-state index contributed by atoms with van der Waals surface area (Å²) < 4.78 is 11.1. The molecule has 5 nitrogen and oxygen atoms in total. The minimum Gasteiger partial charge on any atom is -0.440 e. The van der Waals surface area contributed by atoms with Crippen molar-refractivity contribution < 1.29 is 13.9 Å². The van der Waals surface area contributed by atoms with Gasteiger partial charge in [0.1, 0.15) is 5.52 Å². The van der Waals surface area contributed by atoms with E-state index in [1.165, 1.54) is 0 Å².